The van der Waals surface area contributed by atoms with Crippen LogP contribution >= 0.6 is 23.2 Å². The summed E-state index contributed by atoms with van der Waals surface area (Å²) in [5.41, 5.74) is 1.27. The van der Waals surface area contributed by atoms with Crippen molar-refractivity contribution in [2.24, 2.45) is 0 Å². The van der Waals surface area contributed by atoms with E-state index < -0.39 is 6.10 Å². The van der Waals surface area contributed by atoms with Crippen LogP contribution in [0.15, 0.2) is 42.5 Å². The number of hydrogen-bond donors (Lipinski definition) is 1. The van der Waals surface area contributed by atoms with Gasteiger partial charge < -0.3 is 9.84 Å². The van der Waals surface area contributed by atoms with E-state index in [0.29, 0.717) is 21.7 Å². The fourth-order valence-electron chi connectivity index (χ4n) is 2.05. The van der Waals surface area contributed by atoms with E-state index in [1.807, 2.05) is 24.3 Å². The molecule has 2 nitrogen and oxygen atoms in total. The molecule has 1 fully saturated rings. The van der Waals surface area contributed by atoms with Gasteiger partial charge in [-0.05, 0) is 42.7 Å². The van der Waals surface area contributed by atoms with Gasteiger partial charge in [0.15, 0.2) is 0 Å². The van der Waals surface area contributed by atoms with Crippen LogP contribution in [-0.4, -0.2) is 11.2 Å². The zero-order valence-electron chi connectivity index (χ0n) is 10.7. The molecule has 104 valence electrons. The highest BCUT2D eigenvalue weighted by atomic mass is 35.5. The first-order chi connectivity index (χ1) is 9.65. The maximum absolute atomic E-state index is 10.4. The van der Waals surface area contributed by atoms with Crippen LogP contribution in [-0.2, 0) is 0 Å². The Kier molecular flexibility index (Phi) is 3.88. The molecule has 1 N–H and O–H groups in total. The zero-order valence-corrected chi connectivity index (χ0v) is 12.2. The fourth-order valence-corrected chi connectivity index (χ4v) is 2.65. The Hall–Kier alpha value is -1.22. The molecular weight excluding hydrogens is 295 g/mol. The molecule has 1 aliphatic carbocycles. The van der Waals surface area contributed by atoms with Crippen LogP contribution in [0, 0.1) is 0 Å². The molecule has 1 saturated carbocycles. The monoisotopic (exact) mass is 308 g/mol. The highest BCUT2D eigenvalue weighted by molar-refractivity contribution is 6.36. The van der Waals surface area contributed by atoms with E-state index in [-0.39, 0.29) is 0 Å². The Labute approximate surface area is 127 Å². The average Bonchev–Trinajstić information content (AvgIpc) is 3.23. The molecule has 2 aromatic carbocycles. The molecule has 0 amide bonds. The fraction of sp³-hybridized carbons (Fsp3) is 0.250. The van der Waals surface area contributed by atoms with Crippen molar-refractivity contribution in [2.45, 2.75) is 25.0 Å². The predicted octanol–water partition coefficient (Wildman–Crippen LogP) is 4.62. The van der Waals surface area contributed by atoms with Gasteiger partial charge in [0.05, 0.1) is 6.10 Å². The summed E-state index contributed by atoms with van der Waals surface area (Å²) in [6.45, 7) is 0. The SMILES string of the molecule is OC(c1ccc(OC2CC2)cc1)c1c(Cl)cccc1Cl. The smallest absolute Gasteiger partial charge is 0.119 e. The van der Waals surface area contributed by atoms with Gasteiger partial charge in [-0.15, -0.1) is 0 Å². The lowest BCUT2D eigenvalue weighted by Gasteiger charge is -2.15. The maximum Gasteiger partial charge on any atom is 0.119 e. The Morgan fingerprint density at radius 1 is 1.00 bits per heavy atom. The highest BCUT2D eigenvalue weighted by Gasteiger charge is 2.23. The third-order valence-electron chi connectivity index (χ3n) is 3.30. The van der Waals surface area contributed by atoms with Crippen LogP contribution in [0.5, 0.6) is 5.75 Å². The molecule has 0 spiro atoms. The van der Waals surface area contributed by atoms with Gasteiger partial charge in [0.25, 0.3) is 0 Å². The van der Waals surface area contributed by atoms with Gasteiger partial charge in [0, 0.05) is 15.6 Å². The maximum atomic E-state index is 10.4. The van der Waals surface area contributed by atoms with E-state index in [0.717, 1.165) is 24.2 Å². The third-order valence-corrected chi connectivity index (χ3v) is 3.96. The normalized spacial score (nSPS) is 15.9. The molecule has 4 heteroatoms. The van der Waals surface area contributed by atoms with Gasteiger partial charge in [0.2, 0.25) is 0 Å². The number of aliphatic hydroxyl groups excluding tert-OH is 1. The molecule has 2 aromatic rings. The number of hydrogen-bond acceptors (Lipinski definition) is 2. The summed E-state index contributed by atoms with van der Waals surface area (Å²) >= 11 is 12.2. The minimum Gasteiger partial charge on any atom is -0.490 e. The van der Waals surface area contributed by atoms with Crippen molar-refractivity contribution in [3.05, 3.63) is 63.6 Å². The zero-order chi connectivity index (χ0) is 14.1. The van der Waals surface area contributed by atoms with Crippen LogP contribution in [0.25, 0.3) is 0 Å². The summed E-state index contributed by atoms with van der Waals surface area (Å²) in [5.74, 6) is 0.828. The first kappa shape index (κ1) is 13.7. The lowest BCUT2D eigenvalue weighted by molar-refractivity contribution is 0.220. The topological polar surface area (TPSA) is 29.5 Å². The number of ether oxygens (including phenoxy) is 1. The van der Waals surface area contributed by atoms with Crippen molar-refractivity contribution >= 4 is 23.2 Å². The summed E-state index contributed by atoms with van der Waals surface area (Å²) in [5, 5.41) is 11.4. The average molecular weight is 309 g/mol. The largest absolute Gasteiger partial charge is 0.490 e. The first-order valence-electron chi connectivity index (χ1n) is 6.54. The number of benzene rings is 2. The Morgan fingerprint density at radius 2 is 1.60 bits per heavy atom. The molecule has 1 aliphatic rings. The standard InChI is InChI=1S/C16H14Cl2O2/c17-13-2-1-3-14(18)15(13)16(19)10-4-6-11(7-5-10)20-12-8-9-12/h1-7,12,16,19H,8-9H2. The molecule has 1 atom stereocenters. The molecule has 0 bridgehead atoms. The minimum absolute atomic E-state index is 0.365. The lowest BCUT2D eigenvalue weighted by Crippen LogP contribution is -2.02. The van der Waals surface area contributed by atoms with E-state index in [9.17, 15) is 5.11 Å². The Bertz CT molecular complexity index is 586. The first-order valence-corrected chi connectivity index (χ1v) is 7.29. The van der Waals surface area contributed by atoms with Gasteiger partial charge in [-0.1, -0.05) is 41.4 Å². The van der Waals surface area contributed by atoms with Gasteiger partial charge in [-0.3, -0.25) is 0 Å². The molecule has 1 unspecified atom stereocenters. The van der Waals surface area contributed by atoms with E-state index in [2.05, 4.69) is 0 Å². The van der Waals surface area contributed by atoms with Gasteiger partial charge in [0.1, 0.15) is 11.9 Å². The number of halogens is 2. The lowest BCUT2D eigenvalue weighted by atomic mass is 10.0. The summed E-state index contributed by atoms with van der Waals surface area (Å²) in [6, 6.07) is 12.6. The van der Waals surface area contributed by atoms with Crippen molar-refractivity contribution in [3.8, 4) is 5.75 Å². The summed E-state index contributed by atoms with van der Waals surface area (Å²) in [4.78, 5) is 0. The molecule has 20 heavy (non-hydrogen) atoms. The van der Waals surface area contributed by atoms with Crippen LogP contribution < -0.4 is 4.74 Å². The highest BCUT2D eigenvalue weighted by Crippen LogP contribution is 2.35. The molecule has 0 heterocycles. The van der Waals surface area contributed by atoms with Crippen LogP contribution in [0.3, 0.4) is 0 Å². The van der Waals surface area contributed by atoms with Gasteiger partial charge in [-0.2, -0.15) is 0 Å². The van der Waals surface area contributed by atoms with Crippen molar-refractivity contribution < 1.29 is 9.84 Å². The summed E-state index contributed by atoms with van der Waals surface area (Å²) in [7, 11) is 0. The van der Waals surface area contributed by atoms with Crippen LogP contribution in [0.1, 0.15) is 30.1 Å². The van der Waals surface area contributed by atoms with Crippen molar-refractivity contribution in [2.75, 3.05) is 0 Å². The molecule has 0 aliphatic heterocycles. The van der Waals surface area contributed by atoms with E-state index in [1.54, 1.807) is 18.2 Å². The predicted molar refractivity (Wildman–Crippen MR) is 80.6 cm³/mol. The van der Waals surface area contributed by atoms with Crippen molar-refractivity contribution in [1.29, 1.82) is 0 Å². The van der Waals surface area contributed by atoms with E-state index in [4.69, 9.17) is 27.9 Å². The third kappa shape index (κ3) is 2.93. The quantitative estimate of drug-likeness (QED) is 0.893. The Balaban J connectivity index is 1.84. The Morgan fingerprint density at radius 3 is 2.15 bits per heavy atom. The summed E-state index contributed by atoms with van der Waals surface area (Å²) in [6.07, 6.45) is 1.77. The van der Waals surface area contributed by atoms with E-state index in [1.165, 1.54) is 0 Å². The number of rotatable bonds is 4. The van der Waals surface area contributed by atoms with Crippen LogP contribution in [0.2, 0.25) is 10.0 Å². The second-order valence-corrected chi connectivity index (χ2v) is 5.74. The van der Waals surface area contributed by atoms with Gasteiger partial charge in [-0.25, -0.2) is 0 Å². The van der Waals surface area contributed by atoms with Gasteiger partial charge >= 0.3 is 0 Å². The van der Waals surface area contributed by atoms with Crippen LogP contribution in [0.4, 0.5) is 0 Å². The molecule has 0 saturated heterocycles. The molecule has 0 radical (unpaired) electrons. The second-order valence-electron chi connectivity index (χ2n) is 4.92. The minimum atomic E-state index is -0.842. The van der Waals surface area contributed by atoms with Crippen molar-refractivity contribution in [3.63, 3.8) is 0 Å². The van der Waals surface area contributed by atoms with E-state index >= 15 is 0 Å². The molecule has 0 aromatic heterocycles. The molecule has 3 rings (SSSR count). The second kappa shape index (κ2) is 5.65. The van der Waals surface area contributed by atoms with Crippen molar-refractivity contribution in [1.82, 2.24) is 0 Å². The summed E-state index contributed by atoms with van der Waals surface area (Å²) < 4.78 is 5.68. The number of aliphatic hydroxyl groups is 1. The molecular formula is C16H14Cl2O2.